The van der Waals surface area contributed by atoms with Crippen molar-refractivity contribution in [1.82, 2.24) is 9.97 Å². The second-order valence-electron chi connectivity index (χ2n) is 3.67. The van der Waals surface area contributed by atoms with Crippen molar-refractivity contribution >= 4 is 23.2 Å². The van der Waals surface area contributed by atoms with Crippen molar-refractivity contribution in [2.45, 2.75) is 13.8 Å². The monoisotopic (exact) mass is 286 g/mol. The standard InChI is InChI=1S/C12H9Cl2FN2O/c1-6-11(14)16-7(2)17-12(6)18-8-3-4-10(15)9(13)5-8/h3-5H,1-2H3. The lowest BCUT2D eigenvalue weighted by Gasteiger charge is -2.09. The summed E-state index contributed by atoms with van der Waals surface area (Å²) in [6, 6.07) is 4.07. The lowest BCUT2D eigenvalue weighted by Crippen LogP contribution is -1.97. The Hall–Kier alpha value is -1.39. The minimum absolute atomic E-state index is 0.0120. The van der Waals surface area contributed by atoms with Gasteiger partial charge in [0.05, 0.1) is 5.02 Å². The molecule has 0 aliphatic heterocycles. The first-order valence-corrected chi connectivity index (χ1v) is 5.86. The van der Waals surface area contributed by atoms with E-state index < -0.39 is 5.82 Å². The summed E-state index contributed by atoms with van der Waals surface area (Å²) >= 11 is 11.6. The normalized spacial score (nSPS) is 10.5. The molecule has 0 atom stereocenters. The number of halogens is 3. The second kappa shape index (κ2) is 5.08. The molecule has 0 amide bonds. The van der Waals surface area contributed by atoms with E-state index in [1.807, 2.05) is 0 Å². The van der Waals surface area contributed by atoms with Crippen molar-refractivity contribution in [3.63, 3.8) is 0 Å². The van der Waals surface area contributed by atoms with Crippen molar-refractivity contribution in [3.05, 3.63) is 45.6 Å². The summed E-state index contributed by atoms with van der Waals surface area (Å²) in [6.45, 7) is 3.44. The van der Waals surface area contributed by atoms with Crippen molar-refractivity contribution < 1.29 is 9.13 Å². The zero-order chi connectivity index (χ0) is 13.3. The van der Waals surface area contributed by atoms with Crippen molar-refractivity contribution in [2.75, 3.05) is 0 Å². The highest BCUT2D eigenvalue weighted by atomic mass is 35.5. The molecule has 1 heterocycles. The maximum atomic E-state index is 13.0. The van der Waals surface area contributed by atoms with E-state index in [9.17, 15) is 4.39 Å². The molecule has 0 unspecified atom stereocenters. The van der Waals surface area contributed by atoms with E-state index in [1.165, 1.54) is 18.2 Å². The average Bonchev–Trinajstić information content (AvgIpc) is 2.30. The van der Waals surface area contributed by atoms with E-state index in [-0.39, 0.29) is 5.02 Å². The molecule has 3 nitrogen and oxygen atoms in total. The van der Waals surface area contributed by atoms with Gasteiger partial charge >= 0.3 is 0 Å². The molecule has 0 bridgehead atoms. The highest BCUT2D eigenvalue weighted by Crippen LogP contribution is 2.29. The van der Waals surface area contributed by atoms with E-state index in [0.717, 1.165) is 0 Å². The van der Waals surface area contributed by atoms with Crippen LogP contribution in [-0.2, 0) is 0 Å². The molecule has 94 valence electrons. The third-order valence-corrected chi connectivity index (χ3v) is 2.92. The highest BCUT2D eigenvalue weighted by molar-refractivity contribution is 6.31. The molecular weight excluding hydrogens is 278 g/mol. The Morgan fingerprint density at radius 2 is 1.89 bits per heavy atom. The van der Waals surface area contributed by atoms with Gasteiger partial charge < -0.3 is 4.74 Å². The van der Waals surface area contributed by atoms with Crippen molar-refractivity contribution in [3.8, 4) is 11.6 Å². The first-order chi connectivity index (χ1) is 8.47. The van der Waals surface area contributed by atoms with E-state index in [1.54, 1.807) is 13.8 Å². The van der Waals surface area contributed by atoms with Gasteiger partial charge in [-0.15, -0.1) is 0 Å². The molecule has 2 rings (SSSR count). The first-order valence-electron chi connectivity index (χ1n) is 5.11. The third-order valence-electron chi connectivity index (χ3n) is 2.26. The van der Waals surface area contributed by atoms with Gasteiger partial charge in [0.1, 0.15) is 22.5 Å². The topological polar surface area (TPSA) is 35.0 Å². The van der Waals surface area contributed by atoms with Gasteiger partial charge in [-0.1, -0.05) is 23.2 Å². The van der Waals surface area contributed by atoms with Crippen LogP contribution in [0.4, 0.5) is 4.39 Å². The zero-order valence-electron chi connectivity index (χ0n) is 9.67. The summed E-state index contributed by atoms with van der Waals surface area (Å²) < 4.78 is 18.5. The van der Waals surface area contributed by atoms with Crippen LogP contribution in [0.25, 0.3) is 0 Å². The Balaban J connectivity index is 2.36. The fourth-order valence-electron chi connectivity index (χ4n) is 1.32. The number of benzene rings is 1. The first kappa shape index (κ1) is 13.1. The van der Waals surface area contributed by atoms with Crippen LogP contribution in [0.5, 0.6) is 11.6 Å². The average molecular weight is 287 g/mol. The Labute approximate surface area is 114 Å². The van der Waals surface area contributed by atoms with Crippen LogP contribution < -0.4 is 4.74 Å². The molecule has 0 fully saturated rings. The fraction of sp³-hybridized carbons (Fsp3) is 0.167. The maximum Gasteiger partial charge on any atom is 0.226 e. The molecule has 0 saturated carbocycles. The minimum Gasteiger partial charge on any atom is -0.439 e. The van der Waals surface area contributed by atoms with E-state index in [2.05, 4.69) is 9.97 Å². The van der Waals surface area contributed by atoms with Crippen molar-refractivity contribution in [1.29, 1.82) is 0 Å². The van der Waals surface area contributed by atoms with Crippen LogP contribution in [-0.4, -0.2) is 9.97 Å². The zero-order valence-corrected chi connectivity index (χ0v) is 11.2. The smallest absolute Gasteiger partial charge is 0.226 e. The fourth-order valence-corrected chi connectivity index (χ4v) is 1.69. The molecule has 0 spiro atoms. The van der Waals surface area contributed by atoms with E-state index >= 15 is 0 Å². The largest absolute Gasteiger partial charge is 0.439 e. The van der Waals surface area contributed by atoms with Gasteiger partial charge in [-0.3, -0.25) is 0 Å². The number of ether oxygens (including phenoxy) is 1. The molecular formula is C12H9Cl2FN2O. The van der Waals surface area contributed by atoms with Crippen LogP contribution in [0.15, 0.2) is 18.2 Å². The Morgan fingerprint density at radius 1 is 1.17 bits per heavy atom. The maximum absolute atomic E-state index is 13.0. The Morgan fingerprint density at radius 3 is 2.56 bits per heavy atom. The number of rotatable bonds is 2. The molecule has 1 aromatic heterocycles. The van der Waals surface area contributed by atoms with Gasteiger partial charge in [-0.2, -0.15) is 4.98 Å². The van der Waals surface area contributed by atoms with Gasteiger partial charge in [0.2, 0.25) is 5.88 Å². The van der Waals surface area contributed by atoms with Crippen LogP contribution in [0.1, 0.15) is 11.4 Å². The quantitative estimate of drug-likeness (QED) is 0.771. The van der Waals surface area contributed by atoms with Gasteiger partial charge in [0, 0.05) is 11.6 Å². The Bertz CT molecular complexity index is 605. The summed E-state index contributed by atoms with van der Waals surface area (Å²) in [7, 11) is 0. The minimum atomic E-state index is -0.502. The Kier molecular flexibility index (Phi) is 3.68. The van der Waals surface area contributed by atoms with Crippen molar-refractivity contribution in [2.24, 2.45) is 0 Å². The number of hydrogen-bond donors (Lipinski definition) is 0. The lowest BCUT2D eigenvalue weighted by molar-refractivity contribution is 0.454. The molecule has 1 aromatic carbocycles. The molecule has 0 saturated heterocycles. The highest BCUT2D eigenvalue weighted by Gasteiger charge is 2.10. The van der Waals surface area contributed by atoms with Gasteiger partial charge in [0.25, 0.3) is 0 Å². The third kappa shape index (κ3) is 2.71. The molecule has 18 heavy (non-hydrogen) atoms. The summed E-state index contributed by atoms with van der Waals surface area (Å²) in [5.41, 5.74) is 0.614. The predicted octanol–water partition coefficient (Wildman–Crippen LogP) is 4.33. The van der Waals surface area contributed by atoms with E-state index in [0.29, 0.717) is 28.2 Å². The molecule has 0 N–H and O–H groups in total. The molecule has 2 aromatic rings. The van der Waals surface area contributed by atoms with Crippen LogP contribution >= 0.6 is 23.2 Å². The van der Waals surface area contributed by atoms with Crippen LogP contribution in [0, 0.1) is 19.7 Å². The summed E-state index contributed by atoms with van der Waals surface area (Å²) in [4.78, 5) is 8.12. The molecule has 0 aliphatic rings. The van der Waals surface area contributed by atoms with Gasteiger partial charge in [-0.05, 0) is 26.0 Å². The summed E-state index contributed by atoms with van der Waals surface area (Å²) in [5, 5.41) is 0.313. The van der Waals surface area contributed by atoms with E-state index in [4.69, 9.17) is 27.9 Å². The second-order valence-corrected chi connectivity index (χ2v) is 4.43. The number of aryl methyl sites for hydroxylation is 1. The van der Waals surface area contributed by atoms with Gasteiger partial charge in [0.15, 0.2) is 0 Å². The lowest BCUT2D eigenvalue weighted by atomic mass is 10.3. The summed E-state index contributed by atoms with van der Waals surface area (Å²) in [5.74, 6) is 0.709. The number of nitrogens with zero attached hydrogens (tertiary/aromatic N) is 2. The van der Waals surface area contributed by atoms with Crippen LogP contribution in [0.3, 0.4) is 0 Å². The van der Waals surface area contributed by atoms with Crippen LogP contribution in [0.2, 0.25) is 10.2 Å². The molecule has 0 aliphatic carbocycles. The number of aromatic nitrogens is 2. The SMILES string of the molecule is Cc1nc(Cl)c(C)c(Oc2ccc(F)c(Cl)c2)n1. The summed E-state index contributed by atoms with van der Waals surface area (Å²) in [6.07, 6.45) is 0. The predicted molar refractivity (Wildman–Crippen MR) is 68.0 cm³/mol. The number of hydrogen-bond acceptors (Lipinski definition) is 3. The molecule has 0 radical (unpaired) electrons. The van der Waals surface area contributed by atoms with Gasteiger partial charge in [-0.25, -0.2) is 9.37 Å². The molecule has 6 heteroatoms.